The zero-order valence-corrected chi connectivity index (χ0v) is 11.1. The molecule has 102 valence electrons. The first kappa shape index (κ1) is 13.5. The van der Waals surface area contributed by atoms with E-state index < -0.39 is 4.92 Å². The molecule has 0 aliphatic carbocycles. The van der Waals surface area contributed by atoms with Crippen LogP contribution in [-0.4, -0.2) is 14.7 Å². The van der Waals surface area contributed by atoms with Gasteiger partial charge in [0.2, 0.25) is 0 Å². The summed E-state index contributed by atoms with van der Waals surface area (Å²) in [6, 6.07) is 6.23. The molecule has 0 saturated carbocycles. The first-order valence-electron chi connectivity index (χ1n) is 5.93. The molecule has 2 rings (SSSR count). The molecular formula is C13H13N5O2. The molecule has 0 saturated heterocycles. The van der Waals surface area contributed by atoms with E-state index in [1.807, 2.05) is 20.0 Å². The van der Waals surface area contributed by atoms with Crippen LogP contribution in [0.25, 0.3) is 0 Å². The predicted octanol–water partition coefficient (Wildman–Crippen LogP) is 2.12. The number of nitriles is 1. The maximum Gasteiger partial charge on any atom is 0.287 e. The van der Waals surface area contributed by atoms with E-state index >= 15 is 0 Å². The molecule has 7 heteroatoms. The van der Waals surface area contributed by atoms with Crippen molar-refractivity contribution in [1.29, 1.82) is 5.26 Å². The highest BCUT2D eigenvalue weighted by molar-refractivity contribution is 5.58. The lowest BCUT2D eigenvalue weighted by Gasteiger charge is -2.06. The van der Waals surface area contributed by atoms with Crippen molar-refractivity contribution in [2.45, 2.75) is 13.5 Å². The Bertz CT molecular complexity index is 699. The molecule has 0 fully saturated rings. The van der Waals surface area contributed by atoms with Gasteiger partial charge in [0.1, 0.15) is 11.6 Å². The molecule has 1 aromatic carbocycles. The molecule has 0 bridgehead atoms. The number of hydrogen-bond donors (Lipinski definition) is 1. The Hall–Kier alpha value is -2.88. The van der Waals surface area contributed by atoms with E-state index in [2.05, 4.69) is 10.4 Å². The number of nitrogens with zero attached hydrogens (tertiary/aromatic N) is 4. The lowest BCUT2D eigenvalue weighted by molar-refractivity contribution is -0.385. The monoisotopic (exact) mass is 271 g/mol. The van der Waals surface area contributed by atoms with Crippen LogP contribution in [-0.2, 0) is 13.6 Å². The van der Waals surface area contributed by atoms with E-state index in [0.29, 0.717) is 12.2 Å². The minimum Gasteiger partial charge on any atom is -0.381 e. The molecule has 0 amide bonds. The van der Waals surface area contributed by atoms with Gasteiger partial charge in [-0.1, -0.05) is 0 Å². The zero-order valence-electron chi connectivity index (χ0n) is 11.1. The van der Waals surface area contributed by atoms with Crippen molar-refractivity contribution in [3.8, 4) is 6.07 Å². The summed E-state index contributed by atoms with van der Waals surface area (Å²) >= 11 is 0. The average molecular weight is 271 g/mol. The second-order valence-electron chi connectivity index (χ2n) is 4.33. The number of nitrogens with one attached hydrogen (secondary N) is 1. The zero-order chi connectivity index (χ0) is 14.7. The van der Waals surface area contributed by atoms with Gasteiger partial charge in [-0.05, 0) is 19.1 Å². The molecule has 1 heterocycles. The van der Waals surface area contributed by atoms with Crippen molar-refractivity contribution >= 4 is 11.4 Å². The molecule has 0 radical (unpaired) electrons. The average Bonchev–Trinajstić information content (AvgIpc) is 2.76. The Morgan fingerprint density at radius 2 is 2.30 bits per heavy atom. The summed E-state index contributed by atoms with van der Waals surface area (Å²) in [4.78, 5) is 10.2. The van der Waals surface area contributed by atoms with Crippen LogP contribution in [0.3, 0.4) is 0 Å². The van der Waals surface area contributed by atoms with Gasteiger partial charge >= 0.3 is 0 Å². The fraction of sp³-hybridized carbons (Fsp3) is 0.231. The summed E-state index contributed by atoms with van der Waals surface area (Å²) in [6.07, 6.45) is 1.76. The first-order chi connectivity index (χ1) is 9.52. The number of rotatable bonds is 4. The van der Waals surface area contributed by atoms with Crippen LogP contribution in [0.1, 0.15) is 16.8 Å². The SMILES string of the molecule is Cc1c(CNc2ccc([N+](=O)[O-])c(C#N)c2)cnn1C. The molecule has 0 spiro atoms. The van der Waals surface area contributed by atoms with Crippen molar-refractivity contribution in [2.75, 3.05) is 5.32 Å². The van der Waals surface area contributed by atoms with Crippen LogP contribution in [0.2, 0.25) is 0 Å². The van der Waals surface area contributed by atoms with Crippen LogP contribution in [0.5, 0.6) is 0 Å². The third-order valence-electron chi connectivity index (χ3n) is 3.13. The highest BCUT2D eigenvalue weighted by atomic mass is 16.6. The molecule has 20 heavy (non-hydrogen) atoms. The summed E-state index contributed by atoms with van der Waals surface area (Å²) < 4.78 is 1.77. The van der Waals surface area contributed by atoms with E-state index in [4.69, 9.17) is 5.26 Å². The minimum atomic E-state index is -0.562. The number of nitro benzene ring substituents is 1. The lowest BCUT2D eigenvalue weighted by atomic mass is 10.1. The Kier molecular flexibility index (Phi) is 3.66. The van der Waals surface area contributed by atoms with Crippen molar-refractivity contribution < 1.29 is 4.92 Å². The second-order valence-corrected chi connectivity index (χ2v) is 4.33. The van der Waals surface area contributed by atoms with Gasteiger partial charge in [0.05, 0.1) is 11.1 Å². The van der Waals surface area contributed by atoms with Crippen LogP contribution < -0.4 is 5.32 Å². The van der Waals surface area contributed by atoms with Crippen molar-refractivity contribution in [3.05, 3.63) is 51.3 Å². The summed E-state index contributed by atoms with van der Waals surface area (Å²) in [5.41, 5.74) is 2.60. The number of nitro groups is 1. The topological polar surface area (TPSA) is 96.8 Å². The molecule has 0 atom stereocenters. The molecule has 1 aromatic heterocycles. The minimum absolute atomic E-state index is 0.0444. The number of anilines is 1. The van der Waals surface area contributed by atoms with Gasteiger partial charge in [-0.2, -0.15) is 10.4 Å². The molecule has 0 aliphatic rings. The quantitative estimate of drug-likeness (QED) is 0.678. The van der Waals surface area contributed by atoms with Gasteiger partial charge in [0.25, 0.3) is 5.69 Å². The Labute approximate surface area is 115 Å². The van der Waals surface area contributed by atoms with E-state index in [1.54, 1.807) is 16.9 Å². The van der Waals surface area contributed by atoms with Gasteiger partial charge in [-0.25, -0.2) is 0 Å². The number of benzene rings is 1. The van der Waals surface area contributed by atoms with Crippen LogP contribution in [0.4, 0.5) is 11.4 Å². The fourth-order valence-electron chi connectivity index (χ4n) is 1.81. The lowest BCUT2D eigenvalue weighted by Crippen LogP contribution is -2.02. The largest absolute Gasteiger partial charge is 0.381 e. The first-order valence-corrected chi connectivity index (χ1v) is 5.93. The molecular weight excluding hydrogens is 258 g/mol. The normalized spacial score (nSPS) is 10.1. The highest BCUT2D eigenvalue weighted by Crippen LogP contribution is 2.22. The maximum atomic E-state index is 10.7. The van der Waals surface area contributed by atoms with Gasteiger partial charge < -0.3 is 5.32 Å². The Morgan fingerprint density at radius 3 is 2.85 bits per heavy atom. The van der Waals surface area contributed by atoms with E-state index in [-0.39, 0.29) is 11.3 Å². The summed E-state index contributed by atoms with van der Waals surface area (Å²) in [5.74, 6) is 0. The summed E-state index contributed by atoms with van der Waals surface area (Å²) in [7, 11) is 1.86. The van der Waals surface area contributed by atoms with Crippen LogP contribution in [0, 0.1) is 28.4 Å². The third-order valence-corrected chi connectivity index (χ3v) is 3.13. The molecule has 0 aliphatic heterocycles. The summed E-state index contributed by atoms with van der Waals surface area (Å²) in [5, 5.41) is 26.9. The number of aromatic nitrogens is 2. The maximum absolute atomic E-state index is 10.7. The Balaban J connectivity index is 2.17. The van der Waals surface area contributed by atoms with Crippen molar-refractivity contribution in [2.24, 2.45) is 7.05 Å². The van der Waals surface area contributed by atoms with Crippen LogP contribution in [0.15, 0.2) is 24.4 Å². The number of aryl methyl sites for hydroxylation is 1. The standard InChI is InChI=1S/C13H13N5O2/c1-9-11(8-16-17(9)2)7-15-12-3-4-13(18(19)20)10(5-12)6-14/h3-5,8,15H,7H2,1-2H3. The van der Waals surface area contributed by atoms with Crippen LogP contribution >= 0.6 is 0 Å². The predicted molar refractivity (Wildman–Crippen MR) is 73.1 cm³/mol. The van der Waals surface area contributed by atoms with E-state index in [9.17, 15) is 10.1 Å². The van der Waals surface area contributed by atoms with Crippen molar-refractivity contribution in [1.82, 2.24) is 9.78 Å². The third kappa shape index (κ3) is 2.59. The molecule has 1 N–H and O–H groups in total. The molecule has 7 nitrogen and oxygen atoms in total. The van der Waals surface area contributed by atoms with E-state index in [0.717, 1.165) is 11.3 Å². The van der Waals surface area contributed by atoms with E-state index in [1.165, 1.54) is 12.1 Å². The molecule has 0 unspecified atom stereocenters. The Morgan fingerprint density at radius 1 is 1.55 bits per heavy atom. The number of hydrogen-bond acceptors (Lipinski definition) is 5. The fourth-order valence-corrected chi connectivity index (χ4v) is 1.81. The van der Waals surface area contributed by atoms with Gasteiger partial charge in [0.15, 0.2) is 0 Å². The molecule has 2 aromatic rings. The smallest absolute Gasteiger partial charge is 0.287 e. The highest BCUT2D eigenvalue weighted by Gasteiger charge is 2.13. The van der Waals surface area contributed by atoms with Gasteiger partial charge in [0, 0.05) is 36.6 Å². The summed E-state index contributed by atoms with van der Waals surface area (Å²) in [6.45, 7) is 2.50. The van der Waals surface area contributed by atoms with Crippen molar-refractivity contribution in [3.63, 3.8) is 0 Å². The second kappa shape index (κ2) is 5.40. The van der Waals surface area contributed by atoms with Gasteiger partial charge in [-0.3, -0.25) is 14.8 Å². The van der Waals surface area contributed by atoms with Gasteiger partial charge in [-0.15, -0.1) is 0 Å².